The van der Waals surface area contributed by atoms with Gasteiger partial charge in [-0.15, -0.1) is 0 Å². The normalized spacial score (nSPS) is 10.5. The minimum Gasteiger partial charge on any atom is -0.494 e. The first-order valence-electron chi connectivity index (χ1n) is 7.26. The number of benzene rings is 1. The van der Waals surface area contributed by atoms with Crippen LogP contribution in [-0.2, 0) is 6.54 Å². The Kier molecular flexibility index (Phi) is 4.93. The maximum atomic E-state index is 12.2. The molecule has 0 saturated heterocycles. The van der Waals surface area contributed by atoms with E-state index in [9.17, 15) is 4.79 Å². The first kappa shape index (κ1) is 15.8. The van der Waals surface area contributed by atoms with Crippen LogP contribution in [-0.4, -0.2) is 22.2 Å². The molecule has 0 fully saturated rings. The second kappa shape index (κ2) is 6.89. The molecule has 0 aliphatic rings. The molecule has 0 unspecified atom stereocenters. The fourth-order valence-corrected chi connectivity index (χ4v) is 2.15. The Hall–Kier alpha value is -2.63. The number of nitrogen functional groups attached to an aromatic ring is 1. The standard InChI is InChI=1S/C16H20N4O2/c1-3-8-20-16(21)13(15(17)18)10-14(19-20)11-6-5-7-12(9-11)22-4-2/h5-7,9-10H,3-4,8H2,1-2H3,(H3,17,18). The molecule has 2 aromatic rings. The van der Waals surface area contributed by atoms with Gasteiger partial charge in [-0.2, -0.15) is 5.10 Å². The topological polar surface area (TPSA) is 94.0 Å². The third kappa shape index (κ3) is 3.33. The van der Waals surface area contributed by atoms with Crippen LogP contribution in [0.3, 0.4) is 0 Å². The van der Waals surface area contributed by atoms with E-state index in [0.29, 0.717) is 18.8 Å². The summed E-state index contributed by atoms with van der Waals surface area (Å²) in [6, 6.07) is 9.03. The number of nitrogens with zero attached hydrogens (tertiary/aromatic N) is 2. The molecule has 1 aromatic heterocycles. The van der Waals surface area contributed by atoms with Crippen molar-refractivity contribution < 1.29 is 4.74 Å². The van der Waals surface area contributed by atoms with E-state index in [2.05, 4.69) is 5.10 Å². The summed E-state index contributed by atoms with van der Waals surface area (Å²) < 4.78 is 6.84. The molecule has 0 amide bonds. The van der Waals surface area contributed by atoms with Crippen molar-refractivity contribution in [3.05, 3.63) is 46.2 Å². The molecule has 22 heavy (non-hydrogen) atoms. The molecule has 6 heteroatoms. The zero-order chi connectivity index (χ0) is 16.1. The molecule has 0 spiro atoms. The average molecular weight is 300 g/mol. The second-order valence-electron chi connectivity index (χ2n) is 4.85. The molecule has 1 heterocycles. The molecule has 0 aliphatic heterocycles. The van der Waals surface area contributed by atoms with Gasteiger partial charge in [0.25, 0.3) is 5.56 Å². The van der Waals surface area contributed by atoms with E-state index >= 15 is 0 Å². The Morgan fingerprint density at radius 3 is 2.77 bits per heavy atom. The van der Waals surface area contributed by atoms with Gasteiger partial charge in [0.1, 0.15) is 11.6 Å². The molecule has 0 aliphatic carbocycles. The van der Waals surface area contributed by atoms with Crippen LogP contribution in [0.5, 0.6) is 5.75 Å². The Bertz CT molecular complexity index is 737. The summed E-state index contributed by atoms with van der Waals surface area (Å²) in [4.78, 5) is 12.2. The van der Waals surface area contributed by atoms with E-state index in [4.69, 9.17) is 15.9 Å². The van der Waals surface area contributed by atoms with E-state index in [1.807, 2.05) is 38.1 Å². The lowest BCUT2D eigenvalue weighted by Gasteiger charge is -2.10. The van der Waals surface area contributed by atoms with E-state index < -0.39 is 0 Å². The largest absolute Gasteiger partial charge is 0.494 e. The van der Waals surface area contributed by atoms with Crippen molar-refractivity contribution in [1.29, 1.82) is 5.41 Å². The predicted molar refractivity (Wildman–Crippen MR) is 86.4 cm³/mol. The predicted octanol–water partition coefficient (Wildman–Crippen LogP) is 2.00. The molecule has 3 N–H and O–H groups in total. The fourth-order valence-electron chi connectivity index (χ4n) is 2.15. The quantitative estimate of drug-likeness (QED) is 0.630. The number of amidine groups is 1. The first-order valence-corrected chi connectivity index (χ1v) is 7.26. The Morgan fingerprint density at radius 2 is 2.14 bits per heavy atom. The van der Waals surface area contributed by atoms with Crippen molar-refractivity contribution >= 4 is 5.84 Å². The summed E-state index contributed by atoms with van der Waals surface area (Å²) in [6.07, 6.45) is 0.771. The molecule has 0 saturated carbocycles. The third-order valence-electron chi connectivity index (χ3n) is 3.14. The molecule has 0 bridgehead atoms. The average Bonchev–Trinajstić information content (AvgIpc) is 2.50. The highest BCUT2D eigenvalue weighted by Gasteiger charge is 2.12. The van der Waals surface area contributed by atoms with Gasteiger partial charge in [-0.05, 0) is 31.5 Å². The molecule has 6 nitrogen and oxygen atoms in total. The summed E-state index contributed by atoms with van der Waals surface area (Å²) >= 11 is 0. The third-order valence-corrected chi connectivity index (χ3v) is 3.14. The van der Waals surface area contributed by atoms with Crippen LogP contribution >= 0.6 is 0 Å². The number of nitrogens with one attached hydrogen (secondary N) is 1. The molecule has 0 radical (unpaired) electrons. The second-order valence-corrected chi connectivity index (χ2v) is 4.85. The molecular formula is C16H20N4O2. The van der Waals surface area contributed by atoms with Crippen molar-refractivity contribution in [3.63, 3.8) is 0 Å². The molecule has 116 valence electrons. The number of ether oxygens (including phenoxy) is 1. The summed E-state index contributed by atoms with van der Waals surface area (Å²) in [7, 11) is 0. The van der Waals surface area contributed by atoms with Crippen LogP contribution < -0.4 is 16.0 Å². The monoisotopic (exact) mass is 300 g/mol. The van der Waals surface area contributed by atoms with Crippen LogP contribution in [0.2, 0.25) is 0 Å². The smallest absolute Gasteiger partial charge is 0.277 e. The van der Waals surface area contributed by atoms with Crippen LogP contribution in [0.25, 0.3) is 11.3 Å². The van der Waals surface area contributed by atoms with E-state index in [1.54, 1.807) is 6.07 Å². The lowest BCUT2D eigenvalue weighted by atomic mass is 10.1. The van der Waals surface area contributed by atoms with Crippen LogP contribution in [0.15, 0.2) is 35.1 Å². The molecule has 1 aromatic carbocycles. The van der Waals surface area contributed by atoms with Gasteiger partial charge < -0.3 is 10.5 Å². The number of rotatable bonds is 6. The summed E-state index contributed by atoms with van der Waals surface area (Å²) in [5.41, 5.74) is 6.77. The van der Waals surface area contributed by atoms with Gasteiger partial charge in [-0.1, -0.05) is 19.1 Å². The number of nitrogens with two attached hydrogens (primary N) is 1. The summed E-state index contributed by atoms with van der Waals surface area (Å²) in [5, 5.41) is 12.0. The zero-order valence-corrected chi connectivity index (χ0v) is 12.8. The van der Waals surface area contributed by atoms with Crippen molar-refractivity contribution in [2.45, 2.75) is 26.8 Å². The maximum Gasteiger partial charge on any atom is 0.277 e. The number of aryl methyl sites for hydroxylation is 1. The highest BCUT2D eigenvalue weighted by atomic mass is 16.5. The lowest BCUT2D eigenvalue weighted by molar-refractivity contribution is 0.340. The van der Waals surface area contributed by atoms with E-state index in [1.165, 1.54) is 4.68 Å². The van der Waals surface area contributed by atoms with E-state index in [-0.39, 0.29) is 17.0 Å². The van der Waals surface area contributed by atoms with E-state index in [0.717, 1.165) is 17.7 Å². The van der Waals surface area contributed by atoms with Crippen molar-refractivity contribution in [3.8, 4) is 17.0 Å². The van der Waals surface area contributed by atoms with Gasteiger partial charge >= 0.3 is 0 Å². The number of hydrogen-bond donors (Lipinski definition) is 2. The molecular weight excluding hydrogens is 280 g/mol. The van der Waals surface area contributed by atoms with Gasteiger partial charge in [-0.25, -0.2) is 4.68 Å². The number of aromatic nitrogens is 2. The lowest BCUT2D eigenvalue weighted by Crippen LogP contribution is -2.31. The SMILES string of the molecule is CCCn1nc(-c2cccc(OCC)c2)cc(C(=N)N)c1=O. The van der Waals surface area contributed by atoms with Crippen LogP contribution in [0.1, 0.15) is 25.8 Å². The van der Waals surface area contributed by atoms with Crippen molar-refractivity contribution in [2.75, 3.05) is 6.61 Å². The van der Waals surface area contributed by atoms with Gasteiger partial charge in [0.15, 0.2) is 0 Å². The molecule has 0 atom stereocenters. The highest BCUT2D eigenvalue weighted by Crippen LogP contribution is 2.22. The summed E-state index contributed by atoms with van der Waals surface area (Å²) in [5.74, 6) is 0.485. The van der Waals surface area contributed by atoms with Gasteiger partial charge in [0.05, 0.1) is 17.9 Å². The minimum atomic E-state index is -0.334. The van der Waals surface area contributed by atoms with Gasteiger partial charge in [0.2, 0.25) is 0 Å². The first-order chi connectivity index (χ1) is 10.6. The summed E-state index contributed by atoms with van der Waals surface area (Å²) in [6.45, 7) is 4.94. The zero-order valence-electron chi connectivity index (χ0n) is 12.8. The fraction of sp³-hybridized carbons (Fsp3) is 0.312. The van der Waals surface area contributed by atoms with Crippen LogP contribution in [0, 0.1) is 5.41 Å². The number of hydrogen-bond acceptors (Lipinski definition) is 4. The molecule has 2 rings (SSSR count). The minimum absolute atomic E-state index is 0.167. The Morgan fingerprint density at radius 1 is 1.36 bits per heavy atom. The maximum absolute atomic E-state index is 12.2. The van der Waals surface area contributed by atoms with Crippen molar-refractivity contribution in [2.24, 2.45) is 5.73 Å². The van der Waals surface area contributed by atoms with Gasteiger partial charge in [0, 0.05) is 12.1 Å². The van der Waals surface area contributed by atoms with Gasteiger partial charge in [-0.3, -0.25) is 10.2 Å². The highest BCUT2D eigenvalue weighted by molar-refractivity contribution is 5.95. The van der Waals surface area contributed by atoms with Crippen LogP contribution in [0.4, 0.5) is 0 Å². The Balaban J connectivity index is 2.57. The van der Waals surface area contributed by atoms with Crippen molar-refractivity contribution in [1.82, 2.24) is 9.78 Å². The Labute approximate surface area is 129 Å².